The first-order valence-corrected chi connectivity index (χ1v) is 10.1. The monoisotopic (exact) mass is 410 g/mol. The van der Waals surface area contributed by atoms with E-state index < -0.39 is 41.1 Å². The Kier molecular flexibility index (Phi) is 5.15. The Bertz CT molecular complexity index is 978. The quantitative estimate of drug-likeness (QED) is 0.606. The SMILES string of the molecule is CCOC(=O)[C@]1(c2ccccc2)N[C@@H](c2ccc(F)cc2)[C@H]2C(=O)N(CC)C(=O)[C@@H]21. The van der Waals surface area contributed by atoms with Gasteiger partial charge < -0.3 is 4.74 Å². The van der Waals surface area contributed by atoms with Crippen LogP contribution in [0.5, 0.6) is 0 Å². The van der Waals surface area contributed by atoms with Crippen LogP contribution < -0.4 is 5.32 Å². The average molecular weight is 410 g/mol. The van der Waals surface area contributed by atoms with E-state index in [4.69, 9.17) is 4.74 Å². The largest absolute Gasteiger partial charge is 0.464 e. The van der Waals surface area contributed by atoms with Gasteiger partial charge in [-0.3, -0.25) is 19.8 Å². The molecule has 2 heterocycles. The van der Waals surface area contributed by atoms with Gasteiger partial charge in [-0.25, -0.2) is 9.18 Å². The molecule has 0 bridgehead atoms. The van der Waals surface area contributed by atoms with E-state index in [9.17, 15) is 18.8 Å². The van der Waals surface area contributed by atoms with E-state index in [2.05, 4.69) is 5.32 Å². The van der Waals surface area contributed by atoms with E-state index in [1.165, 1.54) is 17.0 Å². The van der Waals surface area contributed by atoms with E-state index in [1.54, 1.807) is 50.2 Å². The molecule has 0 unspecified atom stereocenters. The molecule has 2 aromatic rings. The Morgan fingerprint density at radius 2 is 1.73 bits per heavy atom. The molecule has 2 saturated heterocycles. The minimum Gasteiger partial charge on any atom is -0.464 e. The standard InChI is InChI=1S/C23H23FN2O4/c1-3-26-20(27)17-18(21(26)28)23(22(29)30-4-2,15-8-6-5-7-9-15)25-19(17)14-10-12-16(24)13-11-14/h5-13,17-19,25H,3-4H2,1-2H3/t17-,18+,19-,23+/m0/s1. The third-order valence-electron chi connectivity index (χ3n) is 6.02. The molecule has 7 heteroatoms. The molecule has 2 aromatic carbocycles. The molecule has 2 aliphatic rings. The van der Waals surface area contributed by atoms with Crippen molar-refractivity contribution in [1.82, 2.24) is 10.2 Å². The molecule has 4 atom stereocenters. The summed E-state index contributed by atoms with van der Waals surface area (Å²) in [6.07, 6.45) is 0. The lowest BCUT2D eigenvalue weighted by molar-refractivity contribution is -0.157. The number of carbonyl (C=O) groups is 3. The van der Waals surface area contributed by atoms with Crippen molar-refractivity contribution >= 4 is 17.8 Å². The van der Waals surface area contributed by atoms with E-state index in [0.29, 0.717) is 11.1 Å². The molecule has 0 saturated carbocycles. The molecule has 30 heavy (non-hydrogen) atoms. The minimum absolute atomic E-state index is 0.132. The smallest absolute Gasteiger partial charge is 0.331 e. The first kappa shape index (κ1) is 20.2. The maximum absolute atomic E-state index is 13.5. The molecule has 0 aliphatic carbocycles. The van der Waals surface area contributed by atoms with Crippen LogP contribution in [-0.4, -0.2) is 35.8 Å². The summed E-state index contributed by atoms with van der Waals surface area (Å²) in [5.74, 6) is -3.50. The zero-order valence-electron chi connectivity index (χ0n) is 16.8. The molecular formula is C23H23FN2O4. The van der Waals surface area contributed by atoms with Gasteiger partial charge in [0.15, 0.2) is 5.54 Å². The number of nitrogens with one attached hydrogen (secondary N) is 1. The van der Waals surface area contributed by atoms with Crippen molar-refractivity contribution in [2.75, 3.05) is 13.2 Å². The molecule has 4 rings (SSSR count). The van der Waals surface area contributed by atoms with Crippen LogP contribution in [0, 0.1) is 17.7 Å². The Hall–Kier alpha value is -3.06. The Morgan fingerprint density at radius 3 is 2.33 bits per heavy atom. The zero-order chi connectivity index (χ0) is 21.5. The number of carbonyl (C=O) groups excluding carboxylic acids is 3. The van der Waals surface area contributed by atoms with Crippen LogP contribution in [0.1, 0.15) is 31.0 Å². The van der Waals surface area contributed by atoms with Crippen molar-refractivity contribution in [3.63, 3.8) is 0 Å². The lowest BCUT2D eigenvalue weighted by Gasteiger charge is -2.33. The van der Waals surface area contributed by atoms with Crippen LogP contribution in [0.25, 0.3) is 0 Å². The number of esters is 1. The second kappa shape index (κ2) is 7.65. The van der Waals surface area contributed by atoms with Gasteiger partial charge >= 0.3 is 5.97 Å². The summed E-state index contributed by atoms with van der Waals surface area (Å²) in [6, 6.07) is 14.0. The highest BCUT2D eigenvalue weighted by Gasteiger charge is 2.69. The normalized spacial score (nSPS) is 28.0. The molecule has 0 radical (unpaired) electrons. The topological polar surface area (TPSA) is 75.7 Å². The summed E-state index contributed by atoms with van der Waals surface area (Å²) in [6.45, 7) is 3.77. The summed E-state index contributed by atoms with van der Waals surface area (Å²) in [5.41, 5.74) is -0.327. The van der Waals surface area contributed by atoms with Crippen LogP contribution >= 0.6 is 0 Å². The minimum atomic E-state index is -1.52. The lowest BCUT2D eigenvalue weighted by Crippen LogP contribution is -2.53. The van der Waals surface area contributed by atoms with Gasteiger partial charge in [-0.2, -0.15) is 0 Å². The maximum atomic E-state index is 13.5. The van der Waals surface area contributed by atoms with Crippen LogP contribution in [0.2, 0.25) is 0 Å². The Balaban J connectivity index is 1.93. The highest BCUT2D eigenvalue weighted by molar-refractivity contribution is 6.09. The second-order valence-electron chi connectivity index (χ2n) is 7.49. The predicted octanol–water partition coefficient (Wildman–Crippen LogP) is 2.55. The van der Waals surface area contributed by atoms with Crippen molar-refractivity contribution in [3.8, 4) is 0 Å². The molecule has 156 valence electrons. The molecule has 2 aliphatic heterocycles. The number of nitrogens with zero attached hydrogens (tertiary/aromatic N) is 1. The average Bonchev–Trinajstić information content (AvgIpc) is 3.24. The summed E-state index contributed by atoms with van der Waals surface area (Å²) in [7, 11) is 0. The third kappa shape index (κ3) is 2.84. The summed E-state index contributed by atoms with van der Waals surface area (Å²) in [4.78, 5) is 41.1. The van der Waals surface area contributed by atoms with Gasteiger partial charge in [-0.15, -0.1) is 0 Å². The van der Waals surface area contributed by atoms with Crippen LogP contribution in [0.3, 0.4) is 0 Å². The fraction of sp³-hybridized carbons (Fsp3) is 0.348. The first-order valence-electron chi connectivity index (χ1n) is 10.1. The molecule has 0 aromatic heterocycles. The summed E-state index contributed by atoms with van der Waals surface area (Å²) >= 11 is 0. The van der Waals surface area contributed by atoms with Crippen molar-refractivity contribution in [1.29, 1.82) is 0 Å². The maximum Gasteiger partial charge on any atom is 0.331 e. The number of fused-ring (bicyclic) bond motifs is 1. The number of benzene rings is 2. The van der Waals surface area contributed by atoms with Gasteiger partial charge in [0.2, 0.25) is 11.8 Å². The third-order valence-corrected chi connectivity index (χ3v) is 6.02. The molecule has 6 nitrogen and oxygen atoms in total. The van der Waals surface area contributed by atoms with Crippen molar-refractivity contribution in [3.05, 3.63) is 71.5 Å². The van der Waals surface area contributed by atoms with Crippen LogP contribution in [-0.2, 0) is 24.7 Å². The second-order valence-corrected chi connectivity index (χ2v) is 7.49. The number of halogens is 1. The zero-order valence-corrected chi connectivity index (χ0v) is 16.8. The molecule has 0 spiro atoms. The van der Waals surface area contributed by atoms with Crippen molar-refractivity contribution in [2.24, 2.45) is 11.8 Å². The fourth-order valence-corrected chi connectivity index (χ4v) is 4.75. The number of hydrogen-bond donors (Lipinski definition) is 1. The molecule has 2 amide bonds. The fourth-order valence-electron chi connectivity index (χ4n) is 4.75. The number of amides is 2. The molecule has 2 fully saturated rings. The first-order chi connectivity index (χ1) is 14.5. The molecule has 1 N–H and O–H groups in total. The van der Waals surface area contributed by atoms with Gasteiger partial charge in [0.05, 0.1) is 18.4 Å². The summed E-state index contributed by atoms with van der Waals surface area (Å²) < 4.78 is 18.9. The number of imide groups is 1. The van der Waals surface area contributed by atoms with E-state index in [0.717, 1.165) is 0 Å². The number of hydrogen-bond acceptors (Lipinski definition) is 5. The van der Waals surface area contributed by atoms with E-state index in [-0.39, 0.29) is 19.1 Å². The predicted molar refractivity (Wildman–Crippen MR) is 106 cm³/mol. The highest BCUT2D eigenvalue weighted by atomic mass is 19.1. The van der Waals surface area contributed by atoms with Gasteiger partial charge in [-0.05, 0) is 37.1 Å². The highest BCUT2D eigenvalue weighted by Crippen LogP contribution is 2.53. The van der Waals surface area contributed by atoms with E-state index >= 15 is 0 Å². The number of likely N-dealkylation sites (tertiary alicyclic amines) is 1. The van der Waals surface area contributed by atoms with Gasteiger partial charge in [0.1, 0.15) is 5.82 Å². The number of ether oxygens (including phenoxy) is 1. The van der Waals surface area contributed by atoms with Crippen LogP contribution in [0.15, 0.2) is 54.6 Å². The molecular weight excluding hydrogens is 387 g/mol. The van der Waals surface area contributed by atoms with E-state index in [1.807, 2.05) is 6.07 Å². The number of rotatable bonds is 5. The Morgan fingerprint density at radius 1 is 1.07 bits per heavy atom. The van der Waals surface area contributed by atoms with Crippen molar-refractivity contribution in [2.45, 2.75) is 25.4 Å². The van der Waals surface area contributed by atoms with Crippen molar-refractivity contribution < 1.29 is 23.5 Å². The van der Waals surface area contributed by atoms with Gasteiger partial charge in [0, 0.05) is 12.6 Å². The Labute approximate surface area is 174 Å². The van der Waals surface area contributed by atoms with Gasteiger partial charge in [0.25, 0.3) is 0 Å². The lowest BCUT2D eigenvalue weighted by atomic mass is 9.75. The van der Waals surface area contributed by atoms with Gasteiger partial charge in [-0.1, -0.05) is 42.5 Å². The van der Waals surface area contributed by atoms with Crippen LogP contribution in [0.4, 0.5) is 4.39 Å². The summed E-state index contributed by atoms with van der Waals surface area (Å²) in [5, 5.41) is 3.28.